The van der Waals surface area contributed by atoms with Crippen LogP contribution in [0.2, 0.25) is 0 Å². The SMILES string of the molecule is COCCOc1ccccc1C(=O)N1CCCC(n2ccnc2)C1. The van der Waals surface area contributed by atoms with Crippen molar-refractivity contribution < 1.29 is 14.3 Å². The number of piperidine rings is 1. The minimum absolute atomic E-state index is 0.0211. The Morgan fingerprint density at radius 1 is 1.33 bits per heavy atom. The summed E-state index contributed by atoms with van der Waals surface area (Å²) in [5, 5.41) is 0. The van der Waals surface area contributed by atoms with Crippen LogP contribution in [-0.4, -0.2) is 53.8 Å². The van der Waals surface area contributed by atoms with Crippen molar-refractivity contribution in [1.82, 2.24) is 14.5 Å². The van der Waals surface area contributed by atoms with Crippen LogP contribution < -0.4 is 4.74 Å². The van der Waals surface area contributed by atoms with Crippen molar-refractivity contribution in [2.75, 3.05) is 33.4 Å². The van der Waals surface area contributed by atoms with Gasteiger partial charge in [0.25, 0.3) is 5.91 Å². The largest absolute Gasteiger partial charge is 0.490 e. The number of ether oxygens (including phenoxy) is 2. The van der Waals surface area contributed by atoms with E-state index >= 15 is 0 Å². The maximum Gasteiger partial charge on any atom is 0.257 e. The van der Waals surface area contributed by atoms with Crippen molar-refractivity contribution in [3.8, 4) is 5.75 Å². The standard InChI is InChI=1S/C18H23N3O3/c1-23-11-12-24-17-7-3-2-6-16(17)18(22)20-9-4-5-15(13-20)21-10-8-19-14-21/h2-3,6-8,10,14-15H,4-5,9,11-13H2,1H3. The van der Waals surface area contributed by atoms with E-state index in [-0.39, 0.29) is 11.9 Å². The summed E-state index contributed by atoms with van der Waals surface area (Å²) in [4.78, 5) is 19.0. The zero-order valence-electron chi connectivity index (χ0n) is 13.9. The van der Waals surface area contributed by atoms with Crippen LogP contribution in [0.15, 0.2) is 43.0 Å². The predicted molar refractivity (Wildman–Crippen MR) is 90.2 cm³/mol. The van der Waals surface area contributed by atoms with Crippen LogP contribution in [0.5, 0.6) is 5.75 Å². The van der Waals surface area contributed by atoms with Crippen LogP contribution in [-0.2, 0) is 4.74 Å². The fraction of sp³-hybridized carbons (Fsp3) is 0.444. The third-order valence-corrected chi connectivity index (χ3v) is 4.29. The van der Waals surface area contributed by atoms with E-state index in [1.165, 1.54) is 0 Å². The van der Waals surface area contributed by atoms with Gasteiger partial charge in [0.1, 0.15) is 12.4 Å². The average Bonchev–Trinajstić information content (AvgIpc) is 3.17. The minimum Gasteiger partial charge on any atom is -0.490 e. The van der Waals surface area contributed by atoms with Crippen LogP contribution in [0.3, 0.4) is 0 Å². The van der Waals surface area contributed by atoms with Gasteiger partial charge in [-0.2, -0.15) is 0 Å². The molecule has 0 spiro atoms. The molecule has 1 atom stereocenters. The first kappa shape index (κ1) is 16.5. The van der Waals surface area contributed by atoms with Crippen molar-refractivity contribution in [2.24, 2.45) is 0 Å². The predicted octanol–water partition coefficient (Wildman–Crippen LogP) is 2.39. The molecule has 0 radical (unpaired) electrons. The summed E-state index contributed by atoms with van der Waals surface area (Å²) in [5.41, 5.74) is 0.611. The monoisotopic (exact) mass is 329 g/mol. The summed E-state index contributed by atoms with van der Waals surface area (Å²) in [7, 11) is 1.63. The van der Waals surface area contributed by atoms with E-state index in [4.69, 9.17) is 9.47 Å². The first-order valence-corrected chi connectivity index (χ1v) is 8.27. The Morgan fingerprint density at radius 3 is 3.00 bits per heavy atom. The number of benzene rings is 1. The van der Waals surface area contributed by atoms with Crippen LogP contribution in [0, 0.1) is 0 Å². The average molecular weight is 329 g/mol. The third-order valence-electron chi connectivity index (χ3n) is 4.29. The fourth-order valence-corrected chi connectivity index (χ4v) is 3.04. The number of hydrogen-bond acceptors (Lipinski definition) is 4. The fourth-order valence-electron chi connectivity index (χ4n) is 3.04. The number of para-hydroxylation sites is 1. The molecule has 1 aromatic carbocycles. The van der Waals surface area contributed by atoms with Crippen LogP contribution in [0.1, 0.15) is 29.2 Å². The molecule has 1 aliphatic rings. The lowest BCUT2D eigenvalue weighted by Crippen LogP contribution is -2.40. The van der Waals surface area contributed by atoms with E-state index in [9.17, 15) is 4.79 Å². The van der Waals surface area contributed by atoms with Crippen LogP contribution in [0.4, 0.5) is 0 Å². The maximum atomic E-state index is 13.0. The summed E-state index contributed by atoms with van der Waals surface area (Å²) in [5.74, 6) is 0.636. The van der Waals surface area contributed by atoms with E-state index in [0.29, 0.717) is 31.1 Å². The smallest absolute Gasteiger partial charge is 0.257 e. The molecule has 1 aliphatic heterocycles. The van der Waals surface area contributed by atoms with Crippen molar-refractivity contribution in [2.45, 2.75) is 18.9 Å². The van der Waals surface area contributed by atoms with E-state index < -0.39 is 0 Å². The third kappa shape index (κ3) is 3.76. The maximum absolute atomic E-state index is 13.0. The van der Waals surface area contributed by atoms with Crippen molar-refractivity contribution in [3.05, 3.63) is 48.5 Å². The molecule has 128 valence electrons. The molecule has 0 N–H and O–H groups in total. The molecule has 0 bridgehead atoms. The van der Waals surface area contributed by atoms with Crippen LogP contribution in [0.25, 0.3) is 0 Å². The summed E-state index contributed by atoms with van der Waals surface area (Å²) in [6.07, 6.45) is 7.61. The van der Waals surface area contributed by atoms with Gasteiger partial charge in [-0.05, 0) is 25.0 Å². The highest BCUT2D eigenvalue weighted by Gasteiger charge is 2.26. The lowest BCUT2D eigenvalue weighted by Gasteiger charge is -2.33. The first-order chi connectivity index (χ1) is 11.8. The van der Waals surface area contributed by atoms with Gasteiger partial charge in [-0.3, -0.25) is 4.79 Å². The number of carbonyl (C=O) groups is 1. The molecule has 6 heteroatoms. The van der Waals surface area contributed by atoms with Crippen LogP contribution >= 0.6 is 0 Å². The van der Waals surface area contributed by atoms with E-state index in [0.717, 1.165) is 19.4 Å². The van der Waals surface area contributed by atoms with E-state index in [1.54, 1.807) is 13.3 Å². The lowest BCUT2D eigenvalue weighted by atomic mass is 10.0. The van der Waals surface area contributed by atoms with Gasteiger partial charge < -0.3 is 18.9 Å². The molecule has 1 amide bonds. The topological polar surface area (TPSA) is 56.6 Å². The normalized spacial score (nSPS) is 17.7. The summed E-state index contributed by atoms with van der Waals surface area (Å²) < 4.78 is 12.8. The molecular weight excluding hydrogens is 306 g/mol. The second-order valence-corrected chi connectivity index (χ2v) is 5.89. The van der Waals surface area contributed by atoms with Crippen molar-refractivity contribution >= 4 is 5.91 Å². The molecule has 1 fully saturated rings. The highest BCUT2D eigenvalue weighted by molar-refractivity contribution is 5.97. The number of rotatable bonds is 6. The molecule has 0 aliphatic carbocycles. The number of methoxy groups -OCH3 is 1. The Balaban J connectivity index is 1.71. The van der Waals surface area contributed by atoms with Gasteiger partial charge in [0.15, 0.2) is 0 Å². The second kappa shape index (κ2) is 7.97. The first-order valence-electron chi connectivity index (χ1n) is 8.27. The van der Waals surface area contributed by atoms with Gasteiger partial charge in [-0.1, -0.05) is 12.1 Å². The minimum atomic E-state index is 0.0211. The molecular formula is C18H23N3O3. The molecule has 1 aromatic heterocycles. The molecule has 2 heterocycles. The summed E-state index contributed by atoms with van der Waals surface area (Å²) >= 11 is 0. The Bertz CT molecular complexity index is 657. The number of likely N-dealkylation sites (tertiary alicyclic amines) is 1. The number of imidazole rings is 1. The Hall–Kier alpha value is -2.34. The van der Waals surface area contributed by atoms with Crippen molar-refractivity contribution in [1.29, 1.82) is 0 Å². The van der Waals surface area contributed by atoms with Gasteiger partial charge in [0, 0.05) is 32.6 Å². The highest BCUT2D eigenvalue weighted by atomic mass is 16.5. The molecule has 1 saturated heterocycles. The van der Waals surface area contributed by atoms with Gasteiger partial charge in [-0.15, -0.1) is 0 Å². The zero-order valence-corrected chi connectivity index (χ0v) is 13.9. The highest BCUT2D eigenvalue weighted by Crippen LogP contribution is 2.25. The molecule has 0 saturated carbocycles. The molecule has 24 heavy (non-hydrogen) atoms. The van der Waals surface area contributed by atoms with Crippen molar-refractivity contribution in [3.63, 3.8) is 0 Å². The second-order valence-electron chi connectivity index (χ2n) is 5.89. The number of hydrogen-bond donors (Lipinski definition) is 0. The molecule has 1 unspecified atom stereocenters. The summed E-state index contributed by atoms with van der Waals surface area (Å²) in [6, 6.07) is 7.69. The van der Waals surface area contributed by atoms with Gasteiger partial charge in [0.2, 0.25) is 0 Å². The number of nitrogens with zero attached hydrogens (tertiary/aromatic N) is 3. The zero-order chi connectivity index (χ0) is 16.8. The Labute approximate surface area is 142 Å². The number of aromatic nitrogens is 2. The Morgan fingerprint density at radius 2 is 2.21 bits per heavy atom. The van der Waals surface area contributed by atoms with Gasteiger partial charge in [-0.25, -0.2) is 4.98 Å². The van der Waals surface area contributed by atoms with Gasteiger partial charge >= 0.3 is 0 Å². The molecule has 6 nitrogen and oxygen atoms in total. The molecule has 3 rings (SSSR count). The number of carbonyl (C=O) groups excluding carboxylic acids is 1. The number of amides is 1. The molecule has 2 aromatic rings. The Kier molecular flexibility index (Phi) is 5.48. The van der Waals surface area contributed by atoms with E-state index in [2.05, 4.69) is 9.55 Å². The summed E-state index contributed by atoms with van der Waals surface area (Å²) in [6.45, 7) is 2.39. The quantitative estimate of drug-likeness (QED) is 0.764. The van der Waals surface area contributed by atoms with Gasteiger partial charge in [0.05, 0.1) is 24.5 Å². The van der Waals surface area contributed by atoms with E-state index in [1.807, 2.05) is 41.7 Å². The lowest BCUT2D eigenvalue weighted by molar-refractivity contribution is 0.0672.